The molecule has 0 saturated carbocycles. The predicted octanol–water partition coefficient (Wildman–Crippen LogP) is 9.69. The third-order valence-corrected chi connectivity index (χ3v) is 9.46. The highest BCUT2D eigenvalue weighted by Crippen LogP contribution is 2.44. The maximum Gasteiger partial charge on any atom is 0.225 e. The Hall–Kier alpha value is -4.09. The van der Waals surface area contributed by atoms with Crippen LogP contribution < -0.4 is 4.74 Å². The molecule has 0 bridgehead atoms. The van der Waals surface area contributed by atoms with E-state index in [4.69, 9.17) is 45.1 Å². The number of aliphatic hydroxyl groups is 2. The summed E-state index contributed by atoms with van der Waals surface area (Å²) in [5.41, 5.74) is 5.57. The van der Waals surface area contributed by atoms with Crippen LogP contribution in [0.5, 0.6) is 5.75 Å². The minimum absolute atomic E-state index is 0.167. The maximum absolute atomic E-state index is 10.9. The van der Waals surface area contributed by atoms with Crippen molar-refractivity contribution in [2.24, 2.45) is 0 Å². The lowest BCUT2D eigenvalue weighted by molar-refractivity contribution is -0.384. The molecule has 0 aliphatic carbocycles. The quantitative estimate of drug-likeness (QED) is 0.102. The van der Waals surface area contributed by atoms with E-state index in [2.05, 4.69) is 0 Å². The SMILES string of the molecule is CC.CC(C)O.CCOc1ccc(Cc2cc([C@]3(OC)OC(CO)[C@@H](OCc4ccccc4)C(OCc4ccccc4)[C@H]3OCc3ccccc3)ccc2Cl)cc1. The van der Waals surface area contributed by atoms with Crippen LogP contribution >= 0.6 is 11.6 Å². The molecule has 2 unspecified atom stereocenters. The zero-order chi connectivity index (χ0) is 41.0. The zero-order valence-corrected chi connectivity index (χ0v) is 34.8. The second kappa shape index (κ2) is 24.0. The molecule has 2 N–H and O–H groups in total. The number of methoxy groups -OCH3 is 1. The van der Waals surface area contributed by atoms with Gasteiger partial charge in [0.1, 0.15) is 30.2 Å². The molecule has 1 saturated heterocycles. The highest BCUT2D eigenvalue weighted by molar-refractivity contribution is 6.31. The Bertz CT molecular complexity index is 1820. The van der Waals surface area contributed by atoms with Crippen LogP contribution in [0.25, 0.3) is 0 Å². The van der Waals surface area contributed by atoms with E-state index in [0.29, 0.717) is 23.6 Å². The van der Waals surface area contributed by atoms with Crippen molar-refractivity contribution in [2.45, 2.75) is 97.2 Å². The molecule has 1 fully saturated rings. The summed E-state index contributed by atoms with van der Waals surface area (Å²) in [5, 5.41) is 19.6. The summed E-state index contributed by atoms with van der Waals surface area (Å²) in [6.07, 6.45) is -2.70. The van der Waals surface area contributed by atoms with Crippen molar-refractivity contribution in [1.29, 1.82) is 0 Å². The van der Waals surface area contributed by atoms with Crippen LogP contribution in [0, 0.1) is 0 Å². The van der Waals surface area contributed by atoms with Crippen LogP contribution in [0.1, 0.15) is 68.0 Å². The fourth-order valence-corrected chi connectivity index (χ4v) is 6.70. The summed E-state index contributed by atoms with van der Waals surface area (Å²) >= 11 is 6.83. The largest absolute Gasteiger partial charge is 0.494 e. The van der Waals surface area contributed by atoms with Gasteiger partial charge >= 0.3 is 0 Å². The Kier molecular flexibility index (Phi) is 19.2. The summed E-state index contributed by atoms with van der Waals surface area (Å²) in [6.45, 7) is 10.5. The van der Waals surface area contributed by atoms with E-state index in [9.17, 15) is 5.11 Å². The molecule has 5 aromatic rings. The van der Waals surface area contributed by atoms with Gasteiger partial charge in [-0.2, -0.15) is 0 Å². The summed E-state index contributed by atoms with van der Waals surface area (Å²) < 4.78 is 39.2. The molecule has 57 heavy (non-hydrogen) atoms. The third kappa shape index (κ3) is 13.2. The standard InChI is InChI=1S/C43H45ClO7.C3H8O.C2H6/c1-3-47-37-22-19-31(20-23-37)25-35-26-36(21-24-38(35)44)43(46-2)42(50-30-34-17-11-6-12-18-34)41(49-29-33-15-9-5-10-16-33)40(39(27-45)51-43)48-28-32-13-7-4-8-14-32;1-3(2)4;1-2/h4-24,26,39-42,45H,3,25,27-30H2,1-2H3;3-4H,1-2H3;1-2H3/t39?,40-,41?,42-,43+;;/m1../s1. The lowest BCUT2D eigenvalue weighted by Gasteiger charge is -2.52. The monoisotopic (exact) mass is 798 g/mol. The Morgan fingerprint density at radius 1 is 0.684 bits per heavy atom. The summed E-state index contributed by atoms with van der Waals surface area (Å²) in [5.74, 6) is -0.692. The van der Waals surface area contributed by atoms with Crippen LogP contribution in [0.2, 0.25) is 5.02 Å². The van der Waals surface area contributed by atoms with Crippen molar-refractivity contribution in [2.75, 3.05) is 20.3 Å². The molecule has 0 amide bonds. The molecule has 1 aliphatic heterocycles. The zero-order valence-electron chi connectivity index (χ0n) is 34.1. The normalized spacial score (nSPS) is 20.2. The van der Waals surface area contributed by atoms with Gasteiger partial charge in [-0.15, -0.1) is 0 Å². The van der Waals surface area contributed by atoms with Crippen LogP contribution in [-0.4, -0.2) is 61.1 Å². The number of ether oxygens (including phenoxy) is 6. The van der Waals surface area contributed by atoms with Gasteiger partial charge in [0.2, 0.25) is 5.79 Å². The van der Waals surface area contributed by atoms with Crippen molar-refractivity contribution in [3.8, 4) is 5.75 Å². The Labute approximate surface area is 344 Å². The Balaban J connectivity index is 0.00000113. The first-order chi connectivity index (χ1) is 27.8. The molecule has 5 aromatic carbocycles. The van der Waals surface area contributed by atoms with Gasteiger partial charge in [0, 0.05) is 23.8 Å². The van der Waals surface area contributed by atoms with Gasteiger partial charge in [0.05, 0.1) is 33.0 Å². The molecule has 1 heterocycles. The van der Waals surface area contributed by atoms with E-state index in [1.54, 1.807) is 21.0 Å². The molecular weight excluding hydrogens is 740 g/mol. The summed E-state index contributed by atoms with van der Waals surface area (Å²) in [6, 6.07) is 43.5. The first-order valence-corrected chi connectivity index (χ1v) is 20.1. The average molecular weight is 799 g/mol. The van der Waals surface area contributed by atoms with Crippen molar-refractivity contribution in [3.05, 3.63) is 172 Å². The molecule has 1 aliphatic rings. The van der Waals surface area contributed by atoms with Gasteiger partial charge in [-0.05, 0) is 79.3 Å². The highest BCUT2D eigenvalue weighted by atomic mass is 35.5. The molecule has 6 rings (SSSR count). The molecule has 0 radical (unpaired) electrons. The van der Waals surface area contributed by atoms with Crippen molar-refractivity contribution >= 4 is 11.6 Å². The summed E-state index contributed by atoms with van der Waals surface area (Å²) in [4.78, 5) is 0. The smallest absolute Gasteiger partial charge is 0.225 e. The van der Waals surface area contributed by atoms with Crippen LogP contribution in [0.15, 0.2) is 133 Å². The van der Waals surface area contributed by atoms with Gasteiger partial charge in [0.25, 0.3) is 0 Å². The number of hydrogen-bond acceptors (Lipinski definition) is 8. The van der Waals surface area contributed by atoms with Crippen LogP contribution in [-0.2, 0) is 55.7 Å². The summed E-state index contributed by atoms with van der Waals surface area (Å²) in [7, 11) is 1.59. The fourth-order valence-electron chi connectivity index (χ4n) is 6.51. The van der Waals surface area contributed by atoms with Crippen molar-refractivity contribution in [3.63, 3.8) is 0 Å². The topological polar surface area (TPSA) is 95.8 Å². The second-order valence-electron chi connectivity index (χ2n) is 13.6. The van der Waals surface area contributed by atoms with E-state index in [1.807, 2.05) is 154 Å². The predicted molar refractivity (Wildman–Crippen MR) is 226 cm³/mol. The van der Waals surface area contributed by atoms with Crippen molar-refractivity contribution < 1.29 is 38.6 Å². The molecule has 0 aromatic heterocycles. The number of benzene rings is 5. The fraction of sp³-hybridized carbons (Fsp3) is 0.375. The Morgan fingerprint density at radius 2 is 1.18 bits per heavy atom. The number of aliphatic hydroxyl groups excluding tert-OH is 2. The molecule has 5 atom stereocenters. The molecule has 9 heteroatoms. The van der Waals surface area contributed by atoms with Crippen molar-refractivity contribution in [1.82, 2.24) is 0 Å². The molecular formula is C48H59ClO8. The van der Waals surface area contributed by atoms with E-state index in [1.165, 1.54) is 0 Å². The molecule has 0 spiro atoms. The van der Waals surface area contributed by atoms with E-state index < -0.39 is 30.2 Å². The van der Waals surface area contributed by atoms with Gasteiger partial charge in [-0.3, -0.25) is 0 Å². The highest BCUT2D eigenvalue weighted by Gasteiger charge is 2.58. The van der Waals surface area contributed by atoms with Crippen LogP contribution in [0.3, 0.4) is 0 Å². The Morgan fingerprint density at radius 3 is 1.65 bits per heavy atom. The van der Waals surface area contributed by atoms with E-state index >= 15 is 0 Å². The lowest BCUT2D eigenvalue weighted by Crippen LogP contribution is -2.66. The number of hydrogen-bond donors (Lipinski definition) is 2. The van der Waals surface area contributed by atoms with Gasteiger partial charge in [-0.1, -0.05) is 135 Å². The number of halogens is 1. The van der Waals surface area contributed by atoms with E-state index in [0.717, 1.165) is 33.6 Å². The average Bonchev–Trinajstić information content (AvgIpc) is 3.24. The second-order valence-corrected chi connectivity index (χ2v) is 14.0. The minimum atomic E-state index is -1.51. The number of rotatable bonds is 16. The van der Waals surface area contributed by atoms with Gasteiger partial charge in [0.15, 0.2) is 0 Å². The molecule has 306 valence electrons. The van der Waals surface area contributed by atoms with Gasteiger partial charge in [-0.25, -0.2) is 0 Å². The van der Waals surface area contributed by atoms with Crippen LogP contribution in [0.4, 0.5) is 0 Å². The third-order valence-electron chi connectivity index (χ3n) is 9.09. The minimum Gasteiger partial charge on any atom is -0.494 e. The van der Waals surface area contributed by atoms with Gasteiger partial charge < -0.3 is 38.6 Å². The molecule has 8 nitrogen and oxygen atoms in total. The first-order valence-electron chi connectivity index (χ1n) is 19.7. The lowest BCUT2D eigenvalue weighted by atomic mass is 9.86. The first kappa shape index (κ1) is 45.6. The maximum atomic E-state index is 10.9. The van der Waals surface area contributed by atoms with E-state index in [-0.39, 0.29) is 32.5 Å².